The molecule has 0 spiro atoms. The van der Waals surface area contributed by atoms with E-state index in [0.29, 0.717) is 5.69 Å². The van der Waals surface area contributed by atoms with Crippen molar-refractivity contribution in [3.8, 4) is 23.0 Å². The van der Waals surface area contributed by atoms with E-state index < -0.39 is 11.9 Å². The lowest BCUT2D eigenvalue weighted by molar-refractivity contribution is 0.144. The number of nitrogens with two attached hydrogens (primary N) is 1. The first-order valence-corrected chi connectivity index (χ1v) is 9.26. The van der Waals surface area contributed by atoms with Crippen molar-refractivity contribution in [3.63, 3.8) is 0 Å². The number of anilines is 1. The lowest BCUT2D eigenvalue weighted by Gasteiger charge is -2.14. The molecule has 0 saturated heterocycles. The number of halogens is 1. The lowest BCUT2D eigenvalue weighted by atomic mass is 9.98. The Morgan fingerprint density at radius 1 is 1.03 bits per heavy atom. The highest BCUT2D eigenvalue weighted by molar-refractivity contribution is 5.79. The van der Waals surface area contributed by atoms with Crippen molar-refractivity contribution in [1.29, 1.82) is 0 Å². The average molecular weight is 386 g/mol. The normalized spacial score (nSPS) is 11.8. The molecule has 0 unspecified atom stereocenters. The number of nitrogen functional groups attached to an aromatic ring is 1. The average Bonchev–Trinajstić information content (AvgIpc) is 3.06. The first-order chi connectivity index (χ1) is 14.1. The highest BCUT2D eigenvalue weighted by atomic mass is 19.1. The first kappa shape index (κ1) is 18.6. The van der Waals surface area contributed by atoms with Gasteiger partial charge in [0.25, 0.3) is 0 Å². The Hall–Kier alpha value is -3.78. The van der Waals surface area contributed by atoms with E-state index in [9.17, 15) is 9.18 Å². The maximum absolute atomic E-state index is 13.6. The summed E-state index contributed by atoms with van der Waals surface area (Å²) in [4.78, 5) is 12.1. The van der Waals surface area contributed by atoms with Crippen molar-refractivity contribution in [3.05, 3.63) is 89.2 Å². The van der Waals surface area contributed by atoms with Gasteiger partial charge < -0.3 is 15.8 Å². The number of benzene rings is 3. The molecular formula is C24H19FN2O2. The molecule has 1 amide bonds. The van der Waals surface area contributed by atoms with Crippen LogP contribution in [0.3, 0.4) is 0 Å². The fraction of sp³-hybridized carbons (Fsp3) is 0.125. The predicted octanol–water partition coefficient (Wildman–Crippen LogP) is 4.30. The van der Waals surface area contributed by atoms with Crippen LogP contribution in [0.15, 0.2) is 66.7 Å². The van der Waals surface area contributed by atoms with E-state index in [1.54, 1.807) is 0 Å². The standard InChI is InChI=1S/C24H19FN2O2/c25-23-12-11-17(26)14-16(23)6-5-13-27-24(28)29-15-22-20-9-3-1-7-18(20)19-8-2-4-10-21(19)22/h1-4,7-12,14,22H,13,15,26H2,(H,27,28). The van der Waals surface area contributed by atoms with Crippen molar-refractivity contribution in [2.45, 2.75) is 5.92 Å². The van der Waals surface area contributed by atoms with Gasteiger partial charge in [0.05, 0.1) is 12.1 Å². The molecular weight excluding hydrogens is 367 g/mol. The molecule has 144 valence electrons. The molecule has 0 fully saturated rings. The van der Waals surface area contributed by atoms with Gasteiger partial charge in [-0.3, -0.25) is 0 Å². The van der Waals surface area contributed by atoms with Gasteiger partial charge in [-0.15, -0.1) is 0 Å². The summed E-state index contributed by atoms with van der Waals surface area (Å²) in [6.07, 6.45) is -0.561. The molecule has 3 aromatic carbocycles. The molecule has 0 atom stereocenters. The van der Waals surface area contributed by atoms with Crippen LogP contribution in [0.5, 0.6) is 0 Å². The van der Waals surface area contributed by atoms with Gasteiger partial charge in [-0.1, -0.05) is 60.4 Å². The van der Waals surface area contributed by atoms with Crippen molar-refractivity contribution >= 4 is 11.8 Å². The lowest BCUT2D eigenvalue weighted by Crippen LogP contribution is -2.26. The zero-order chi connectivity index (χ0) is 20.2. The Morgan fingerprint density at radius 3 is 2.38 bits per heavy atom. The van der Waals surface area contributed by atoms with E-state index in [1.807, 2.05) is 24.3 Å². The molecule has 0 radical (unpaired) electrons. The van der Waals surface area contributed by atoms with Gasteiger partial charge >= 0.3 is 6.09 Å². The minimum Gasteiger partial charge on any atom is -0.449 e. The molecule has 0 saturated carbocycles. The summed E-state index contributed by atoms with van der Waals surface area (Å²) in [5.41, 5.74) is 10.9. The van der Waals surface area contributed by atoms with Crippen molar-refractivity contribution < 1.29 is 13.9 Å². The van der Waals surface area contributed by atoms with Gasteiger partial charge in [-0.2, -0.15) is 0 Å². The zero-order valence-electron chi connectivity index (χ0n) is 15.6. The topological polar surface area (TPSA) is 64.3 Å². The van der Waals surface area contributed by atoms with Crippen LogP contribution in [0.4, 0.5) is 14.9 Å². The van der Waals surface area contributed by atoms with Gasteiger partial charge in [0.1, 0.15) is 12.4 Å². The number of carbonyl (C=O) groups excluding carboxylic acids is 1. The van der Waals surface area contributed by atoms with Crippen LogP contribution in [0.1, 0.15) is 22.6 Å². The quantitative estimate of drug-likeness (QED) is 0.521. The van der Waals surface area contributed by atoms with Gasteiger partial charge in [0.15, 0.2) is 0 Å². The van der Waals surface area contributed by atoms with Gasteiger partial charge in [-0.25, -0.2) is 9.18 Å². The molecule has 3 aromatic rings. The van der Waals surface area contributed by atoms with Crippen LogP contribution < -0.4 is 11.1 Å². The van der Waals surface area contributed by atoms with E-state index in [2.05, 4.69) is 41.4 Å². The van der Waals surface area contributed by atoms with E-state index in [1.165, 1.54) is 29.3 Å². The molecule has 0 heterocycles. The molecule has 4 rings (SSSR count). The monoisotopic (exact) mass is 386 g/mol. The van der Waals surface area contributed by atoms with Crippen molar-refractivity contribution in [2.75, 3.05) is 18.9 Å². The summed E-state index contributed by atoms with van der Waals surface area (Å²) in [5.74, 6) is 4.91. The molecule has 29 heavy (non-hydrogen) atoms. The number of alkyl carbamates (subject to hydrolysis) is 1. The Labute approximate surface area is 168 Å². The molecule has 4 nitrogen and oxygen atoms in total. The van der Waals surface area contributed by atoms with Gasteiger partial charge in [0, 0.05) is 11.6 Å². The number of rotatable bonds is 3. The summed E-state index contributed by atoms with van der Waals surface area (Å²) >= 11 is 0. The molecule has 0 aromatic heterocycles. The number of ether oxygens (including phenoxy) is 1. The summed E-state index contributed by atoms with van der Waals surface area (Å²) < 4.78 is 19.0. The van der Waals surface area contributed by atoms with E-state index in [4.69, 9.17) is 10.5 Å². The largest absolute Gasteiger partial charge is 0.449 e. The van der Waals surface area contributed by atoms with E-state index in [-0.39, 0.29) is 24.6 Å². The number of nitrogens with one attached hydrogen (secondary N) is 1. The van der Waals surface area contributed by atoms with Crippen LogP contribution in [0.2, 0.25) is 0 Å². The Morgan fingerprint density at radius 2 is 1.69 bits per heavy atom. The summed E-state index contributed by atoms with van der Waals surface area (Å²) in [6, 6.07) is 20.5. The third kappa shape index (κ3) is 3.92. The second kappa shape index (κ2) is 8.07. The molecule has 0 bridgehead atoms. The Kier molecular flexibility index (Phi) is 5.17. The maximum Gasteiger partial charge on any atom is 0.407 e. The summed E-state index contributed by atoms with van der Waals surface area (Å²) in [7, 11) is 0. The van der Waals surface area contributed by atoms with Crippen LogP contribution in [0.25, 0.3) is 11.1 Å². The third-order valence-corrected chi connectivity index (χ3v) is 4.88. The van der Waals surface area contributed by atoms with Crippen LogP contribution in [-0.2, 0) is 4.74 Å². The number of carbonyl (C=O) groups is 1. The second-order valence-electron chi connectivity index (χ2n) is 6.72. The molecule has 1 aliphatic carbocycles. The number of fused-ring (bicyclic) bond motifs is 3. The maximum atomic E-state index is 13.6. The Balaban J connectivity index is 1.36. The SMILES string of the molecule is Nc1ccc(F)c(C#CCNC(=O)OCC2c3ccccc3-c3ccccc32)c1. The second-order valence-corrected chi connectivity index (χ2v) is 6.72. The van der Waals surface area contributed by atoms with Crippen molar-refractivity contribution in [2.24, 2.45) is 0 Å². The van der Waals surface area contributed by atoms with Gasteiger partial charge in [-0.05, 0) is 40.5 Å². The number of hydrogen-bond acceptors (Lipinski definition) is 3. The molecule has 3 N–H and O–H groups in total. The minimum atomic E-state index is -0.561. The smallest absolute Gasteiger partial charge is 0.407 e. The molecule has 1 aliphatic rings. The fourth-order valence-electron chi connectivity index (χ4n) is 3.54. The van der Waals surface area contributed by atoms with E-state index in [0.717, 1.165) is 11.1 Å². The number of hydrogen-bond donors (Lipinski definition) is 2. The fourth-order valence-corrected chi connectivity index (χ4v) is 3.54. The zero-order valence-corrected chi connectivity index (χ0v) is 15.6. The molecule has 5 heteroatoms. The summed E-state index contributed by atoms with van der Waals surface area (Å²) in [6.45, 7) is 0.280. The minimum absolute atomic E-state index is 0.000578. The third-order valence-electron chi connectivity index (χ3n) is 4.88. The predicted molar refractivity (Wildman–Crippen MR) is 111 cm³/mol. The van der Waals surface area contributed by atoms with E-state index >= 15 is 0 Å². The number of amides is 1. The summed E-state index contributed by atoms with van der Waals surface area (Å²) in [5, 5.41) is 2.57. The van der Waals surface area contributed by atoms with Gasteiger partial charge in [0.2, 0.25) is 0 Å². The Bertz CT molecular complexity index is 1090. The molecule has 0 aliphatic heterocycles. The first-order valence-electron chi connectivity index (χ1n) is 9.26. The van der Waals surface area contributed by atoms with Crippen LogP contribution >= 0.6 is 0 Å². The highest BCUT2D eigenvalue weighted by Crippen LogP contribution is 2.44. The van der Waals surface area contributed by atoms with Crippen molar-refractivity contribution in [1.82, 2.24) is 5.32 Å². The van der Waals surface area contributed by atoms with Crippen LogP contribution in [-0.4, -0.2) is 19.2 Å². The van der Waals surface area contributed by atoms with Crippen LogP contribution in [0, 0.1) is 17.7 Å². The highest BCUT2D eigenvalue weighted by Gasteiger charge is 2.28.